The first-order chi connectivity index (χ1) is 0. The molecule has 2 N–H and O–H groups in total. The van der Waals surface area contributed by atoms with Crippen LogP contribution in [-0.4, -0.2) is 34.0 Å². The molecule has 0 unspecified atom stereocenters. The van der Waals surface area contributed by atoms with Crippen LogP contribution in [0.4, 0.5) is 0 Å². The molecule has 0 fully saturated rings. The average molecular weight is 114 g/mol. The van der Waals surface area contributed by atoms with Gasteiger partial charge in [0.05, 0.1) is 0 Å². The van der Waals surface area contributed by atoms with Gasteiger partial charge in [-0.25, -0.2) is 0 Å². The Labute approximate surface area is 51.2 Å². The van der Waals surface area contributed by atoms with Crippen molar-refractivity contribution in [1.29, 1.82) is 0 Å². The first-order valence-corrected chi connectivity index (χ1v) is 0. The van der Waals surface area contributed by atoms with E-state index in [-0.39, 0.29) is 51.1 Å². The third kappa shape index (κ3) is 10.7. The molecule has 0 heterocycles. The van der Waals surface area contributed by atoms with Crippen molar-refractivity contribution < 1.29 is 28.0 Å². The van der Waals surface area contributed by atoms with Gasteiger partial charge in [0.15, 0.2) is 0 Å². The van der Waals surface area contributed by atoms with Gasteiger partial charge in [0.1, 0.15) is 0 Å². The number of hydrogen-bond acceptors (Lipinski definition) is 2. The third-order valence-corrected chi connectivity index (χ3v) is 0. The predicted molar refractivity (Wildman–Crippen MR) is 9.63 cm³/mol. The molecule has 4 heavy (non-hydrogen) atoms. The molecule has 2 nitrogen and oxygen atoms in total. The molecule has 0 saturated carbocycles. The van der Waals surface area contributed by atoms with Gasteiger partial charge in [0.2, 0.25) is 0 Å². The molecule has 0 saturated heterocycles. The largest absolute Gasteiger partial charge is 2.00 e. The van der Waals surface area contributed by atoms with Gasteiger partial charge < -0.3 is 11.0 Å². The maximum atomic E-state index is 0. The van der Waals surface area contributed by atoms with Crippen LogP contribution >= 0.6 is 0 Å². The zero-order chi connectivity index (χ0) is 0. The Morgan fingerprint density at radius 2 is 0.750 bits per heavy atom. The minimum absolute atomic E-state index is 0. The molecule has 0 aliphatic rings. The van der Waals surface area contributed by atoms with Crippen LogP contribution in [0.3, 0.4) is 0 Å². The molecular formula is H2FeMgO2. The predicted octanol–water partition coefficient (Wildman–Crippen LogP) is -0.737. The van der Waals surface area contributed by atoms with Crippen molar-refractivity contribution in [2.24, 2.45) is 0 Å². The second-order valence-electron chi connectivity index (χ2n) is 0. The van der Waals surface area contributed by atoms with Gasteiger partial charge >= 0.3 is 23.1 Å². The summed E-state index contributed by atoms with van der Waals surface area (Å²) < 4.78 is 0. The van der Waals surface area contributed by atoms with E-state index in [1.165, 1.54) is 0 Å². The molecule has 0 atom stereocenters. The quantitative estimate of drug-likeness (QED) is 0.389. The fourth-order valence-corrected chi connectivity index (χ4v) is 0. The van der Waals surface area contributed by atoms with Crippen LogP contribution in [0.5, 0.6) is 0 Å². The Balaban J connectivity index is 0. The van der Waals surface area contributed by atoms with E-state index < -0.39 is 0 Å². The van der Waals surface area contributed by atoms with Gasteiger partial charge in [-0.05, 0) is 0 Å². The molecule has 0 aromatic carbocycles. The summed E-state index contributed by atoms with van der Waals surface area (Å²) in [6, 6.07) is 0. The van der Waals surface area contributed by atoms with E-state index in [2.05, 4.69) is 0 Å². The van der Waals surface area contributed by atoms with Crippen LogP contribution < -0.4 is 0 Å². The van der Waals surface area contributed by atoms with Crippen molar-refractivity contribution in [3.63, 3.8) is 0 Å². The molecule has 0 amide bonds. The Morgan fingerprint density at radius 1 is 0.750 bits per heavy atom. The zero-order valence-corrected chi connectivity index (χ0v) is 4.47. The van der Waals surface area contributed by atoms with E-state index in [9.17, 15) is 0 Å². The van der Waals surface area contributed by atoms with E-state index in [0.29, 0.717) is 0 Å². The number of rotatable bonds is 0. The Kier molecular flexibility index (Phi) is 471. The molecule has 0 aromatic heterocycles. The van der Waals surface area contributed by atoms with Crippen LogP contribution in [0, 0.1) is 0 Å². The van der Waals surface area contributed by atoms with E-state index in [0.717, 1.165) is 0 Å². The van der Waals surface area contributed by atoms with Gasteiger partial charge in [0, 0.05) is 17.1 Å². The van der Waals surface area contributed by atoms with Crippen LogP contribution in [-0.2, 0) is 17.1 Å². The van der Waals surface area contributed by atoms with Crippen molar-refractivity contribution in [1.82, 2.24) is 0 Å². The van der Waals surface area contributed by atoms with Crippen LogP contribution in [0.2, 0.25) is 0 Å². The van der Waals surface area contributed by atoms with Crippen molar-refractivity contribution in [3.05, 3.63) is 0 Å². The fraction of sp³-hybridized carbons (Fsp3) is 0. The van der Waals surface area contributed by atoms with Crippen LogP contribution in [0.1, 0.15) is 0 Å². The Bertz CT molecular complexity index is 6.00. The summed E-state index contributed by atoms with van der Waals surface area (Å²) in [4.78, 5) is 0. The second-order valence-corrected chi connectivity index (χ2v) is 0. The Morgan fingerprint density at radius 3 is 0.750 bits per heavy atom. The van der Waals surface area contributed by atoms with Crippen LogP contribution in [0.25, 0.3) is 0 Å². The Hall–Kier alpha value is 1.21. The molecule has 4 heteroatoms. The topological polar surface area (TPSA) is 60.0 Å². The van der Waals surface area contributed by atoms with Gasteiger partial charge in [-0.15, -0.1) is 0 Å². The molecule has 0 radical (unpaired) electrons. The van der Waals surface area contributed by atoms with Crippen molar-refractivity contribution in [2.75, 3.05) is 0 Å². The van der Waals surface area contributed by atoms with Crippen molar-refractivity contribution >= 4 is 23.1 Å². The summed E-state index contributed by atoms with van der Waals surface area (Å²) in [6.07, 6.45) is 0. The standard InChI is InChI=1S/Fe.Mg.2H2O/h;;2*1H2/q;+2;;/p-2. The maximum Gasteiger partial charge on any atom is 2.00 e. The van der Waals surface area contributed by atoms with E-state index in [1.54, 1.807) is 0 Å². The van der Waals surface area contributed by atoms with Gasteiger partial charge in [-0.1, -0.05) is 0 Å². The summed E-state index contributed by atoms with van der Waals surface area (Å²) in [5.74, 6) is 0. The SMILES string of the molecule is [Fe].[Mg+2].[OH-].[OH-]. The fourth-order valence-electron chi connectivity index (χ4n) is 0. The van der Waals surface area contributed by atoms with Gasteiger partial charge in [-0.3, -0.25) is 0 Å². The minimum atomic E-state index is 0. The van der Waals surface area contributed by atoms with Crippen molar-refractivity contribution in [3.8, 4) is 0 Å². The molecular weight excluding hydrogens is 112 g/mol. The summed E-state index contributed by atoms with van der Waals surface area (Å²) in [6.45, 7) is 0. The normalized spacial score (nSPS) is 0. The first kappa shape index (κ1) is 63.3. The molecule has 0 aliphatic carbocycles. The summed E-state index contributed by atoms with van der Waals surface area (Å²) in [5, 5.41) is 0. The zero-order valence-electron chi connectivity index (χ0n) is 1.96. The molecule has 0 aromatic rings. The van der Waals surface area contributed by atoms with E-state index in [1.807, 2.05) is 0 Å². The molecule has 0 bridgehead atoms. The smallest absolute Gasteiger partial charge is 0.870 e. The van der Waals surface area contributed by atoms with E-state index in [4.69, 9.17) is 0 Å². The molecule has 24 valence electrons. The van der Waals surface area contributed by atoms with E-state index >= 15 is 0 Å². The summed E-state index contributed by atoms with van der Waals surface area (Å²) in [5.41, 5.74) is 0. The van der Waals surface area contributed by atoms with Crippen LogP contribution in [0.15, 0.2) is 0 Å². The van der Waals surface area contributed by atoms with Gasteiger partial charge in [0.25, 0.3) is 0 Å². The third-order valence-electron chi connectivity index (χ3n) is 0. The monoisotopic (exact) mass is 114 g/mol. The number of hydrogen-bond donors (Lipinski definition) is 0. The summed E-state index contributed by atoms with van der Waals surface area (Å²) >= 11 is 0. The molecule has 0 aliphatic heterocycles. The van der Waals surface area contributed by atoms with Gasteiger partial charge in [-0.2, -0.15) is 0 Å². The maximum absolute atomic E-state index is 0. The second kappa shape index (κ2) is 29.7. The first-order valence-electron chi connectivity index (χ1n) is 0. The minimum Gasteiger partial charge on any atom is -0.870 e. The van der Waals surface area contributed by atoms with Crippen molar-refractivity contribution in [2.45, 2.75) is 0 Å². The average Bonchev–Trinajstić information content (AvgIpc) is 0. The molecule has 0 spiro atoms. The summed E-state index contributed by atoms with van der Waals surface area (Å²) in [7, 11) is 0. The molecule has 0 rings (SSSR count).